The number of fused-ring (bicyclic) bond motifs is 3. The number of rotatable bonds is 7. The molecular formula is C40H30NO6P. The molecule has 7 rings (SSSR count). The molecule has 48 heavy (non-hydrogen) atoms. The van der Waals surface area contributed by atoms with Crippen LogP contribution in [0.3, 0.4) is 0 Å². The van der Waals surface area contributed by atoms with Gasteiger partial charge in [0, 0.05) is 11.3 Å². The lowest BCUT2D eigenvalue weighted by molar-refractivity contribution is 0.0725. The normalized spacial score (nSPS) is 15.3. The van der Waals surface area contributed by atoms with E-state index in [1.807, 2.05) is 67.6 Å². The Morgan fingerprint density at radius 2 is 1.08 bits per heavy atom. The molecule has 0 aliphatic carbocycles. The first kappa shape index (κ1) is 30.7. The van der Waals surface area contributed by atoms with Gasteiger partial charge in [-0.3, -0.25) is 4.57 Å². The van der Waals surface area contributed by atoms with Gasteiger partial charge in [0.15, 0.2) is 0 Å². The van der Waals surface area contributed by atoms with E-state index in [-0.39, 0.29) is 0 Å². The van der Waals surface area contributed by atoms with Crippen LogP contribution in [0.25, 0.3) is 11.1 Å². The number of nitrogens with two attached hydrogens (primary N) is 1. The first-order valence-corrected chi connectivity index (χ1v) is 17.0. The summed E-state index contributed by atoms with van der Waals surface area (Å²) < 4.78 is 33.3. The van der Waals surface area contributed by atoms with E-state index in [1.165, 1.54) is 0 Å². The monoisotopic (exact) mass is 651 g/mol. The molecule has 0 amide bonds. The first-order chi connectivity index (χ1) is 23.3. The summed E-state index contributed by atoms with van der Waals surface area (Å²) in [6.07, 6.45) is 0. The molecule has 7 nitrogen and oxygen atoms in total. The van der Waals surface area contributed by atoms with E-state index < -0.39 is 25.0 Å². The van der Waals surface area contributed by atoms with Crippen LogP contribution in [-0.2, 0) is 4.57 Å². The Morgan fingerprint density at radius 1 is 0.604 bits per heavy atom. The number of aryl methyl sites for hydroxylation is 1. The van der Waals surface area contributed by atoms with Gasteiger partial charge in [0.2, 0.25) is 0 Å². The Hall–Kier alpha value is -5.91. The quantitative estimate of drug-likeness (QED) is 0.0796. The summed E-state index contributed by atoms with van der Waals surface area (Å²) in [6.45, 7) is 1.95. The highest BCUT2D eigenvalue weighted by Gasteiger charge is 2.44. The summed E-state index contributed by atoms with van der Waals surface area (Å²) in [7, 11) is -3.71. The van der Waals surface area contributed by atoms with Crippen LogP contribution in [-0.4, -0.2) is 11.9 Å². The molecule has 0 radical (unpaired) electrons. The molecule has 2 atom stereocenters. The van der Waals surface area contributed by atoms with E-state index in [9.17, 15) is 9.59 Å². The molecule has 0 bridgehead atoms. The van der Waals surface area contributed by atoms with Crippen LogP contribution in [0, 0.1) is 6.92 Å². The summed E-state index contributed by atoms with van der Waals surface area (Å²) in [5.74, 6) is 0.205. The minimum atomic E-state index is -3.71. The third-order valence-electron chi connectivity index (χ3n) is 8.24. The zero-order chi connectivity index (χ0) is 33.3. The molecule has 1 aliphatic rings. The van der Waals surface area contributed by atoms with E-state index in [0.717, 1.165) is 16.7 Å². The van der Waals surface area contributed by atoms with E-state index in [2.05, 4.69) is 0 Å². The number of hydrogen-bond acceptors (Lipinski definition) is 7. The standard InChI is InChI=1S/C40H30NO6P/c1-26-10-12-29(13-11-26)39(42)45-32-22-16-27(17-23-32)38(28-18-24-33(25-19-28)46-40(43)30-14-20-31(41)21-15-30)48(44)37-9-5-3-7-35(37)34-6-2-4-8-36(34)47-48/h2-25,38H,41H2,1H3. The fourth-order valence-electron chi connectivity index (χ4n) is 5.79. The number of carbonyl (C=O) groups is 2. The van der Waals surface area contributed by atoms with Gasteiger partial charge in [-0.15, -0.1) is 0 Å². The molecule has 8 heteroatoms. The lowest BCUT2D eigenvalue weighted by Crippen LogP contribution is -2.22. The van der Waals surface area contributed by atoms with Crippen molar-refractivity contribution in [3.05, 3.63) is 173 Å². The number of benzene rings is 6. The molecule has 0 aromatic heterocycles. The second-order valence-electron chi connectivity index (χ2n) is 11.5. The predicted molar refractivity (Wildman–Crippen MR) is 186 cm³/mol. The SMILES string of the molecule is Cc1ccc(C(=O)Oc2ccc(C(c3ccc(OC(=O)c4ccc(N)cc4)cc3)P3(=O)Oc4ccccc4-c4ccccc43)cc2)cc1. The molecule has 0 saturated carbocycles. The van der Waals surface area contributed by atoms with Gasteiger partial charge >= 0.3 is 11.9 Å². The van der Waals surface area contributed by atoms with Crippen molar-refractivity contribution in [2.24, 2.45) is 0 Å². The average molecular weight is 652 g/mol. The van der Waals surface area contributed by atoms with Crippen molar-refractivity contribution in [2.45, 2.75) is 12.6 Å². The van der Waals surface area contributed by atoms with Crippen molar-refractivity contribution < 1.29 is 28.2 Å². The van der Waals surface area contributed by atoms with Crippen LogP contribution in [0.4, 0.5) is 5.69 Å². The van der Waals surface area contributed by atoms with Crippen molar-refractivity contribution in [2.75, 3.05) is 5.73 Å². The Labute approximate surface area is 278 Å². The van der Waals surface area contributed by atoms with Gasteiger partial charge in [-0.05, 0) is 96.4 Å². The molecule has 0 saturated heterocycles. The Kier molecular flexibility index (Phi) is 8.14. The fraction of sp³-hybridized carbons (Fsp3) is 0.0500. The number of ether oxygens (including phenoxy) is 2. The smallest absolute Gasteiger partial charge is 0.343 e. The zero-order valence-corrected chi connectivity index (χ0v) is 26.8. The minimum Gasteiger partial charge on any atom is -0.439 e. The molecule has 1 heterocycles. The summed E-state index contributed by atoms with van der Waals surface area (Å²) in [5.41, 5.74) is 10.5. The van der Waals surface area contributed by atoms with Crippen LogP contribution in [0.1, 0.15) is 43.1 Å². The molecular weight excluding hydrogens is 621 g/mol. The average Bonchev–Trinajstić information content (AvgIpc) is 3.10. The Bertz CT molecular complexity index is 2070. The maximum Gasteiger partial charge on any atom is 0.343 e. The maximum absolute atomic E-state index is 15.5. The summed E-state index contributed by atoms with van der Waals surface area (Å²) in [4.78, 5) is 25.6. The van der Waals surface area contributed by atoms with Crippen molar-refractivity contribution >= 4 is 30.3 Å². The Balaban J connectivity index is 1.25. The van der Waals surface area contributed by atoms with Crippen LogP contribution in [0.2, 0.25) is 0 Å². The van der Waals surface area contributed by atoms with Crippen LogP contribution in [0.5, 0.6) is 17.2 Å². The first-order valence-electron chi connectivity index (χ1n) is 15.3. The highest BCUT2D eigenvalue weighted by molar-refractivity contribution is 7.68. The molecule has 0 fully saturated rings. The molecule has 2 unspecified atom stereocenters. The lowest BCUT2D eigenvalue weighted by atomic mass is 10.0. The minimum absolute atomic E-state index is 0.325. The summed E-state index contributed by atoms with van der Waals surface area (Å²) in [5, 5.41) is 0.599. The molecule has 2 N–H and O–H groups in total. The molecule has 6 aromatic carbocycles. The lowest BCUT2D eigenvalue weighted by Gasteiger charge is -2.34. The van der Waals surface area contributed by atoms with Crippen LogP contribution < -0.4 is 25.0 Å². The van der Waals surface area contributed by atoms with Crippen LogP contribution >= 0.6 is 7.37 Å². The maximum atomic E-state index is 15.5. The highest BCUT2D eigenvalue weighted by atomic mass is 31.2. The van der Waals surface area contributed by atoms with Crippen molar-refractivity contribution in [1.82, 2.24) is 0 Å². The molecule has 1 aliphatic heterocycles. The fourth-order valence-corrected chi connectivity index (χ4v) is 8.68. The molecule has 236 valence electrons. The van der Waals surface area contributed by atoms with Gasteiger partial charge in [0.25, 0.3) is 7.37 Å². The molecule has 6 aromatic rings. The Morgan fingerprint density at radius 3 is 1.65 bits per heavy atom. The summed E-state index contributed by atoms with van der Waals surface area (Å²) >= 11 is 0. The van der Waals surface area contributed by atoms with Gasteiger partial charge in [-0.25, -0.2) is 9.59 Å². The van der Waals surface area contributed by atoms with Gasteiger partial charge in [0.05, 0.1) is 16.4 Å². The van der Waals surface area contributed by atoms with Gasteiger partial charge in [-0.1, -0.05) is 78.4 Å². The van der Waals surface area contributed by atoms with Crippen molar-refractivity contribution in [1.29, 1.82) is 0 Å². The van der Waals surface area contributed by atoms with Crippen molar-refractivity contribution in [3.8, 4) is 28.4 Å². The zero-order valence-electron chi connectivity index (χ0n) is 25.9. The molecule has 0 spiro atoms. The second-order valence-corrected chi connectivity index (χ2v) is 13.9. The number of esters is 2. The third-order valence-corrected chi connectivity index (χ3v) is 11.0. The number of para-hydroxylation sites is 1. The summed E-state index contributed by atoms with van der Waals surface area (Å²) in [6, 6.07) is 42.6. The van der Waals surface area contributed by atoms with E-state index >= 15 is 4.57 Å². The number of anilines is 1. The number of carbonyl (C=O) groups excluding carboxylic acids is 2. The van der Waals surface area contributed by atoms with Crippen molar-refractivity contribution in [3.63, 3.8) is 0 Å². The predicted octanol–water partition coefficient (Wildman–Crippen LogP) is 8.77. The van der Waals surface area contributed by atoms with Gasteiger partial charge in [-0.2, -0.15) is 0 Å². The topological polar surface area (TPSA) is 105 Å². The van der Waals surface area contributed by atoms with E-state index in [1.54, 1.807) is 84.9 Å². The van der Waals surface area contributed by atoms with Crippen LogP contribution in [0.15, 0.2) is 146 Å². The highest BCUT2D eigenvalue weighted by Crippen LogP contribution is 2.65. The van der Waals surface area contributed by atoms with E-state index in [0.29, 0.717) is 50.5 Å². The number of nitrogen functional groups attached to an aromatic ring is 1. The van der Waals surface area contributed by atoms with Gasteiger partial charge in [0.1, 0.15) is 22.9 Å². The van der Waals surface area contributed by atoms with Gasteiger partial charge < -0.3 is 19.7 Å². The third kappa shape index (κ3) is 5.99. The van der Waals surface area contributed by atoms with E-state index in [4.69, 9.17) is 19.7 Å². The second kappa shape index (κ2) is 12.7. The largest absolute Gasteiger partial charge is 0.439 e. The number of hydrogen-bond donors (Lipinski definition) is 1.